The van der Waals surface area contributed by atoms with Gasteiger partial charge in [0, 0.05) is 44.2 Å². The van der Waals surface area contributed by atoms with Gasteiger partial charge in [-0.2, -0.15) is 0 Å². The van der Waals surface area contributed by atoms with E-state index in [1.54, 1.807) is 6.07 Å². The largest absolute Gasteiger partial charge is 0.368 e. The quantitative estimate of drug-likeness (QED) is 0.356. The number of amides is 2. The fourth-order valence-corrected chi connectivity index (χ4v) is 4.94. The Morgan fingerprint density at radius 1 is 0.649 bits per heavy atom. The zero-order valence-corrected chi connectivity index (χ0v) is 20.8. The number of carbonyl (C=O) groups excluding carboxylic acids is 2. The van der Waals surface area contributed by atoms with Crippen molar-refractivity contribution in [2.24, 2.45) is 0 Å². The van der Waals surface area contributed by atoms with Crippen LogP contribution in [0.1, 0.15) is 33.8 Å². The van der Waals surface area contributed by atoms with Gasteiger partial charge < -0.3 is 15.1 Å². The van der Waals surface area contributed by atoms with E-state index >= 15 is 0 Å². The molecule has 37 heavy (non-hydrogen) atoms. The van der Waals surface area contributed by atoms with Crippen molar-refractivity contribution in [1.82, 2.24) is 4.90 Å². The molecule has 0 bridgehead atoms. The zero-order chi connectivity index (χ0) is 25.5. The molecule has 0 aromatic heterocycles. The average molecular weight is 490 g/mol. The van der Waals surface area contributed by atoms with Crippen LogP contribution in [0.5, 0.6) is 0 Å². The Bertz CT molecular complexity index is 1280. The lowest BCUT2D eigenvalue weighted by atomic mass is 9.88. The molecule has 1 heterocycles. The minimum absolute atomic E-state index is 0.0497. The molecule has 5 heteroatoms. The van der Waals surface area contributed by atoms with Crippen LogP contribution in [0.2, 0.25) is 0 Å². The van der Waals surface area contributed by atoms with E-state index in [4.69, 9.17) is 0 Å². The fraction of sp³-hybridized carbons (Fsp3) is 0.188. The van der Waals surface area contributed by atoms with Crippen molar-refractivity contribution in [3.8, 4) is 0 Å². The topological polar surface area (TPSA) is 52.7 Å². The predicted molar refractivity (Wildman–Crippen MR) is 149 cm³/mol. The second-order valence-electron chi connectivity index (χ2n) is 9.29. The summed E-state index contributed by atoms with van der Waals surface area (Å²) in [4.78, 5) is 30.9. The molecule has 2 amide bonds. The van der Waals surface area contributed by atoms with Gasteiger partial charge in [-0.25, -0.2) is 0 Å². The smallest absolute Gasteiger partial charge is 0.256 e. The molecule has 0 spiro atoms. The molecule has 0 unspecified atom stereocenters. The van der Waals surface area contributed by atoms with Gasteiger partial charge in [-0.05, 0) is 35.4 Å². The van der Waals surface area contributed by atoms with Crippen LogP contribution >= 0.6 is 0 Å². The first-order valence-electron chi connectivity index (χ1n) is 12.8. The van der Waals surface area contributed by atoms with E-state index in [2.05, 4.69) is 46.6 Å². The van der Waals surface area contributed by atoms with Crippen molar-refractivity contribution in [3.63, 3.8) is 0 Å². The number of hydrogen-bond acceptors (Lipinski definition) is 3. The molecule has 1 fully saturated rings. The summed E-state index contributed by atoms with van der Waals surface area (Å²) in [5.74, 6) is -0.241. The molecule has 5 nitrogen and oxygen atoms in total. The summed E-state index contributed by atoms with van der Waals surface area (Å²) >= 11 is 0. The first kappa shape index (κ1) is 24.3. The van der Waals surface area contributed by atoms with Gasteiger partial charge in [0.05, 0.1) is 11.3 Å². The van der Waals surface area contributed by atoms with E-state index < -0.39 is 0 Å². The maximum Gasteiger partial charge on any atom is 0.256 e. The van der Waals surface area contributed by atoms with Gasteiger partial charge in [-0.15, -0.1) is 0 Å². The van der Waals surface area contributed by atoms with Crippen molar-refractivity contribution in [2.75, 3.05) is 36.4 Å². The van der Waals surface area contributed by atoms with E-state index in [0.29, 0.717) is 24.3 Å². The summed E-state index contributed by atoms with van der Waals surface area (Å²) in [5, 5.41) is 3.04. The summed E-state index contributed by atoms with van der Waals surface area (Å²) in [5.41, 5.74) is 4.44. The summed E-state index contributed by atoms with van der Waals surface area (Å²) in [6.45, 7) is 2.83. The van der Waals surface area contributed by atoms with Crippen LogP contribution in [0.3, 0.4) is 0 Å². The van der Waals surface area contributed by atoms with Crippen LogP contribution in [-0.2, 0) is 4.79 Å². The van der Waals surface area contributed by atoms with Gasteiger partial charge in [0.15, 0.2) is 0 Å². The summed E-state index contributed by atoms with van der Waals surface area (Å²) in [7, 11) is 0. The van der Waals surface area contributed by atoms with E-state index in [0.717, 1.165) is 24.2 Å². The lowest BCUT2D eigenvalue weighted by Gasteiger charge is -2.36. The summed E-state index contributed by atoms with van der Waals surface area (Å²) < 4.78 is 0. The number of benzene rings is 4. The SMILES string of the molecule is O=C(CC(c1ccccc1)c1ccccc1)Nc1ccccc1C(=O)N1CCN(c2ccccc2)CC1. The van der Waals surface area contributed by atoms with Crippen LogP contribution in [0.25, 0.3) is 0 Å². The highest BCUT2D eigenvalue weighted by atomic mass is 16.2. The van der Waals surface area contributed by atoms with Crippen LogP contribution in [0.15, 0.2) is 115 Å². The van der Waals surface area contributed by atoms with Crippen molar-refractivity contribution in [2.45, 2.75) is 12.3 Å². The number of hydrogen-bond donors (Lipinski definition) is 1. The number of carbonyl (C=O) groups is 2. The Morgan fingerprint density at radius 3 is 1.76 bits per heavy atom. The Labute approximate surface area is 218 Å². The number of piperazine rings is 1. The molecule has 1 aliphatic rings. The molecule has 0 radical (unpaired) electrons. The van der Waals surface area contributed by atoms with Gasteiger partial charge in [-0.3, -0.25) is 9.59 Å². The third-order valence-corrected chi connectivity index (χ3v) is 6.91. The normalized spacial score (nSPS) is 13.4. The van der Waals surface area contributed by atoms with Gasteiger partial charge in [-0.1, -0.05) is 91.0 Å². The molecule has 186 valence electrons. The fourth-order valence-electron chi connectivity index (χ4n) is 4.94. The van der Waals surface area contributed by atoms with E-state index in [1.807, 2.05) is 77.7 Å². The summed E-state index contributed by atoms with van der Waals surface area (Å²) in [6.07, 6.45) is 0.284. The number of para-hydroxylation sites is 2. The molecular weight excluding hydrogens is 458 g/mol. The van der Waals surface area contributed by atoms with Crippen LogP contribution in [0, 0.1) is 0 Å². The van der Waals surface area contributed by atoms with Gasteiger partial charge >= 0.3 is 0 Å². The second-order valence-corrected chi connectivity index (χ2v) is 9.29. The second kappa shape index (κ2) is 11.6. The predicted octanol–water partition coefficient (Wildman–Crippen LogP) is 5.81. The molecular formula is C32H31N3O2. The van der Waals surface area contributed by atoms with E-state index in [9.17, 15) is 9.59 Å². The van der Waals surface area contributed by atoms with Crippen molar-refractivity contribution >= 4 is 23.2 Å². The minimum Gasteiger partial charge on any atom is -0.368 e. The Kier molecular flexibility index (Phi) is 7.60. The van der Waals surface area contributed by atoms with E-state index in [-0.39, 0.29) is 24.2 Å². The molecule has 0 aliphatic carbocycles. The number of nitrogens with zero attached hydrogens (tertiary/aromatic N) is 2. The highest BCUT2D eigenvalue weighted by Gasteiger charge is 2.25. The summed E-state index contributed by atoms with van der Waals surface area (Å²) in [6, 6.07) is 37.7. The molecule has 4 aromatic carbocycles. The zero-order valence-electron chi connectivity index (χ0n) is 20.8. The third kappa shape index (κ3) is 5.89. The highest BCUT2D eigenvalue weighted by molar-refractivity contribution is 6.04. The number of nitrogens with one attached hydrogen (secondary N) is 1. The lowest BCUT2D eigenvalue weighted by Crippen LogP contribution is -2.48. The van der Waals surface area contributed by atoms with Gasteiger partial charge in [0.2, 0.25) is 5.91 Å². The highest BCUT2D eigenvalue weighted by Crippen LogP contribution is 2.29. The van der Waals surface area contributed by atoms with Crippen LogP contribution in [0.4, 0.5) is 11.4 Å². The number of anilines is 2. The maximum absolute atomic E-state index is 13.5. The van der Waals surface area contributed by atoms with Gasteiger partial charge in [0.1, 0.15) is 0 Å². The molecule has 1 N–H and O–H groups in total. The van der Waals surface area contributed by atoms with Crippen LogP contribution < -0.4 is 10.2 Å². The first-order valence-corrected chi connectivity index (χ1v) is 12.8. The monoisotopic (exact) mass is 489 g/mol. The molecule has 1 saturated heterocycles. The minimum atomic E-state index is -0.119. The molecule has 4 aromatic rings. The third-order valence-electron chi connectivity index (χ3n) is 6.91. The number of rotatable bonds is 7. The standard InChI is InChI=1S/C32H31N3O2/c36-31(24-29(25-12-4-1-5-13-25)26-14-6-2-7-15-26)33-30-19-11-10-18-28(30)32(37)35-22-20-34(21-23-35)27-16-8-3-9-17-27/h1-19,29H,20-24H2,(H,33,36). The Hall–Kier alpha value is -4.38. The first-order chi connectivity index (χ1) is 18.2. The van der Waals surface area contributed by atoms with Crippen molar-refractivity contribution < 1.29 is 9.59 Å². The average Bonchev–Trinajstić information content (AvgIpc) is 2.97. The molecule has 5 rings (SSSR count). The Balaban J connectivity index is 1.28. The van der Waals surface area contributed by atoms with Crippen molar-refractivity contribution in [3.05, 3.63) is 132 Å². The maximum atomic E-state index is 13.5. The van der Waals surface area contributed by atoms with Gasteiger partial charge in [0.25, 0.3) is 5.91 Å². The van der Waals surface area contributed by atoms with E-state index in [1.165, 1.54) is 5.69 Å². The van der Waals surface area contributed by atoms with Crippen LogP contribution in [-0.4, -0.2) is 42.9 Å². The molecule has 0 saturated carbocycles. The van der Waals surface area contributed by atoms with Crippen molar-refractivity contribution in [1.29, 1.82) is 0 Å². The molecule has 0 atom stereocenters. The molecule has 1 aliphatic heterocycles. The lowest BCUT2D eigenvalue weighted by molar-refractivity contribution is -0.116. The Morgan fingerprint density at radius 2 is 1.16 bits per heavy atom.